The standard InChI is InChI=1S/C18H15F3N2OS/c1-11-4-6-12(7-5-11)10-23-14(15-3-2-8-25-15)9-13(18(19,20)21)16(22)17(23)24/h2-9H,10,22H2,1H3. The topological polar surface area (TPSA) is 48.0 Å². The van der Waals surface area contributed by atoms with E-state index in [2.05, 4.69) is 0 Å². The molecule has 0 atom stereocenters. The molecule has 0 aliphatic heterocycles. The molecule has 0 spiro atoms. The summed E-state index contributed by atoms with van der Waals surface area (Å²) in [7, 11) is 0. The molecule has 25 heavy (non-hydrogen) atoms. The number of nitrogen functional groups attached to an aromatic ring is 1. The first-order valence-electron chi connectivity index (χ1n) is 7.47. The van der Waals surface area contributed by atoms with E-state index in [9.17, 15) is 18.0 Å². The van der Waals surface area contributed by atoms with Gasteiger partial charge in [0.15, 0.2) is 0 Å². The molecule has 3 rings (SSSR count). The molecule has 0 radical (unpaired) electrons. The summed E-state index contributed by atoms with van der Waals surface area (Å²) < 4.78 is 41.0. The van der Waals surface area contributed by atoms with Gasteiger partial charge in [-0.3, -0.25) is 4.79 Å². The summed E-state index contributed by atoms with van der Waals surface area (Å²) in [6.45, 7) is 2.08. The van der Waals surface area contributed by atoms with Crippen molar-refractivity contribution in [1.29, 1.82) is 0 Å². The number of pyridine rings is 1. The van der Waals surface area contributed by atoms with Crippen molar-refractivity contribution in [1.82, 2.24) is 4.57 Å². The van der Waals surface area contributed by atoms with E-state index in [1.54, 1.807) is 17.5 Å². The lowest BCUT2D eigenvalue weighted by molar-refractivity contribution is -0.137. The number of rotatable bonds is 3. The van der Waals surface area contributed by atoms with Crippen LogP contribution < -0.4 is 11.3 Å². The highest BCUT2D eigenvalue weighted by Crippen LogP contribution is 2.35. The van der Waals surface area contributed by atoms with Gasteiger partial charge in [-0.1, -0.05) is 35.9 Å². The molecule has 0 saturated carbocycles. The van der Waals surface area contributed by atoms with Crippen LogP contribution in [0.25, 0.3) is 10.6 Å². The number of aryl methyl sites for hydroxylation is 1. The second kappa shape index (κ2) is 6.40. The molecule has 0 bridgehead atoms. The second-order valence-corrected chi connectivity index (χ2v) is 6.66. The molecular weight excluding hydrogens is 349 g/mol. The number of alkyl halides is 3. The van der Waals surface area contributed by atoms with E-state index < -0.39 is 23.0 Å². The van der Waals surface area contributed by atoms with E-state index in [4.69, 9.17) is 5.73 Å². The number of nitrogens with zero attached hydrogens (tertiary/aromatic N) is 1. The van der Waals surface area contributed by atoms with Gasteiger partial charge in [0.05, 0.1) is 22.7 Å². The van der Waals surface area contributed by atoms with E-state index in [1.807, 2.05) is 31.2 Å². The average Bonchev–Trinajstić information content (AvgIpc) is 3.07. The number of halogens is 3. The Hall–Kier alpha value is -2.54. The van der Waals surface area contributed by atoms with Crippen molar-refractivity contribution >= 4 is 17.0 Å². The third-order valence-corrected chi connectivity index (χ3v) is 4.77. The number of nitrogens with two attached hydrogens (primary N) is 1. The number of thiophene rings is 1. The van der Waals surface area contributed by atoms with Gasteiger partial charge in [0.1, 0.15) is 5.69 Å². The lowest BCUT2D eigenvalue weighted by Crippen LogP contribution is -2.28. The maximum absolute atomic E-state index is 13.2. The summed E-state index contributed by atoms with van der Waals surface area (Å²) in [4.78, 5) is 13.1. The van der Waals surface area contributed by atoms with Crippen molar-refractivity contribution in [2.75, 3.05) is 5.73 Å². The SMILES string of the molecule is Cc1ccc(Cn2c(-c3cccs3)cc(C(F)(F)F)c(N)c2=O)cc1. The van der Waals surface area contributed by atoms with Gasteiger partial charge in [-0.25, -0.2) is 0 Å². The van der Waals surface area contributed by atoms with Crippen LogP contribution in [0.15, 0.2) is 52.6 Å². The molecule has 7 heteroatoms. The van der Waals surface area contributed by atoms with Crippen LogP contribution >= 0.6 is 11.3 Å². The Morgan fingerprint density at radius 2 is 1.84 bits per heavy atom. The quantitative estimate of drug-likeness (QED) is 0.742. The van der Waals surface area contributed by atoms with Crippen LogP contribution in [-0.2, 0) is 12.7 Å². The van der Waals surface area contributed by atoms with Gasteiger partial charge >= 0.3 is 6.18 Å². The lowest BCUT2D eigenvalue weighted by atomic mass is 10.1. The highest BCUT2D eigenvalue weighted by atomic mass is 32.1. The normalized spacial score (nSPS) is 11.7. The zero-order valence-corrected chi connectivity index (χ0v) is 14.1. The van der Waals surface area contributed by atoms with E-state index in [0.717, 1.165) is 17.2 Å². The number of benzene rings is 1. The summed E-state index contributed by atoms with van der Waals surface area (Å²) in [6, 6.07) is 11.8. The monoisotopic (exact) mass is 364 g/mol. The average molecular weight is 364 g/mol. The molecule has 0 aliphatic carbocycles. The molecule has 3 nitrogen and oxygen atoms in total. The summed E-state index contributed by atoms with van der Waals surface area (Å²) >= 11 is 1.27. The van der Waals surface area contributed by atoms with Crippen LogP contribution in [0.3, 0.4) is 0 Å². The number of hydrogen-bond acceptors (Lipinski definition) is 3. The van der Waals surface area contributed by atoms with Crippen molar-refractivity contribution in [2.24, 2.45) is 0 Å². The van der Waals surface area contributed by atoms with E-state index in [-0.39, 0.29) is 12.2 Å². The maximum atomic E-state index is 13.2. The molecule has 0 unspecified atom stereocenters. The summed E-state index contributed by atoms with van der Waals surface area (Å²) in [5.41, 5.74) is 4.89. The van der Waals surface area contributed by atoms with Crippen LogP contribution in [0.4, 0.5) is 18.9 Å². The molecule has 0 amide bonds. The largest absolute Gasteiger partial charge is 0.418 e. The molecule has 0 saturated heterocycles. The van der Waals surface area contributed by atoms with Crippen LogP contribution in [0.2, 0.25) is 0 Å². The molecule has 1 aromatic carbocycles. The van der Waals surface area contributed by atoms with Crippen LogP contribution in [0.1, 0.15) is 16.7 Å². The predicted octanol–water partition coefficient (Wildman–Crippen LogP) is 4.53. The third kappa shape index (κ3) is 3.46. The number of anilines is 1. The Bertz CT molecular complexity index is 942. The first-order chi connectivity index (χ1) is 11.8. The number of aromatic nitrogens is 1. The Morgan fingerprint density at radius 1 is 1.16 bits per heavy atom. The molecule has 130 valence electrons. The van der Waals surface area contributed by atoms with Crippen LogP contribution in [0, 0.1) is 6.92 Å². The van der Waals surface area contributed by atoms with Gasteiger partial charge in [-0.15, -0.1) is 11.3 Å². The zero-order valence-electron chi connectivity index (χ0n) is 13.3. The van der Waals surface area contributed by atoms with Gasteiger partial charge < -0.3 is 10.3 Å². The molecular formula is C18H15F3N2OS. The van der Waals surface area contributed by atoms with Gasteiger partial charge in [0, 0.05) is 0 Å². The molecule has 2 N–H and O–H groups in total. The van der Waals surface area contributed by atoms with Crippen molar-refractivity contribution in [3.05, 3.63) is 74.9 Å². The predicted molar refractivity (Wildman–Crippen MR) is 93.7 cm³/mol. The molecule has 2 aromatic heterocycles. The van der Waals surface area contributed by atoms with Crippen molar-refractivity contribution in [3.8, 4) is 10.6 Å². The van der Waals surface area contributed by atoms with Crippen LogP contribution in [0.5, 0.6) is 0 Å². The first kappa shape index (κ1) is 17.3. The fourth-order valence-corrected chi connectivity index (χ4v) is 3.31. The molecule has 3 aromatic rings. The molecule has 0 fully saturated rings. The highest BCUT2D eigenvalue weighted by molar-refractivity contribution is 7.13. The zero-order chi connectivity index (χ0) is 18.2. The Balaban J connectivity index is 2.21. The Morgan fingerprint density at radius 3 is 2.40 bits per heavy atom. The molecule has 2 heterocycles. The van der Waals surface area contributed by atoms with Crippen molar-refractivity contribution in [3.63, 3.8) is 0 Å². The minimum absolute atomic E-state index is 0.148. The Kier molecular flexibility index (Phi) is 4.43. The first-order valence-corrected chi connectivity index (χ1v) is 8.35. The second-order valence-electron chi connectivity index (χ2n) is 5.71. The summed E-state index contributed by atoms with van der Waals surface area (Å²) in [5, 5.41) is 1.75. The minimum atomic E-state index is -4.68. The van der Waals surface area contributed by atoms with E-state index in [1.165, 1.54) is 15.9 Å². The highest BCUT2D eigenvalue weighted by Gasteiger charge is 2.35. The van der Waals surface area contributed by atoms with Gasteiger partial charge in [-0.05, 0) is 30.0 Å². The fraction of sp³-hybridized carbons (Fsp3) is 0.167. The van der Waals surface area contributed by atoms with E-state index in [0.29, 0.717) is 4.88 Å². The fourth-order valence-electron chi connectivity index (χ4n) is 2.56. The van der Waals surface area contributed by atoms with E-state index >= 15 is 0 Å². The maximum Gasteiger partial charge on any atom is 0.418 e. The van der Waals surface area contributed by atoms with Gasteiger partial charge in [0.2, 0.25) is 0 Å². The third-order valence-electron chi connectivity index (χ3n) is 3.88. The molecule has 0 aliphatic rings. The van der Waals surface area contributed by atoms with Crippen molar-refractivity contribution in [2.45, 2.75) is 19.6 Å². The smallest absolute Gasteiger partial charge is 0.394 e. The minimum Gasteiger partial charge on any atom is -0.394 e. The number of hydrogen-bond donors (Lipinski definition) is 1. The van der Waals surface area contributed by atoms with Crippen LogP contribution in [-0.4, -0.2) is 4.57 Å². The Labute approximate surface area is 146 Å². The van der Waals surface area contributed by atoms with Crippen molar-refractivity contribution < 1.29 is 13.2 Å². The van der Waals surface area contributed by atoms with Gasteiger partial charge in [0.25, 0.3) is 5.56 Å². The summed E-state index contributed by atoms with van der Waals surface area (Å²) in [5.74, 6) is 0. The van der Waals surface area contributed by atoms with Gasteiger partial charge in [-0.2, -0.15) is 13.2 Å². The lowest BCUT2D eigenvalue weighted by Gasteiger charge is -2.17. The summed E-state index contributed by atoms with van der Waals surface area (Å²) in [6.07, 6.45) is -4.68.